The summed E-state index contributed by atoms with van der Waals surface area (Å²) < 4.78 is 47.4. The molecule has 11 heteroatoms. The average molecular weight is 688 g/mol. The summed E-state index contributed by atoms with van der Waals surface area (Å²) in [7, 11) is 0. The number of rotatable bonds is 13. The van der Waals surface area contributed by atoms with Crippen LogP contribution in [0.4, 0.5) is 13.2 Å². The standard InChI is InChI=1S/C39H40F3N3O5/c40-39(41,42)38(48)50-35-15-13-27(14-16-35)19-20-45(36(46)18-17-34-8-3-21-49-34)26-30-4-1-5-31(22-30)32-6-2-7-33(23-32)37(47)44-25-29-11-9-28(24-43)10-12-29/h1-8,13-18,21-23,28-29H,9-12,19-20,24-26,43H2,(H,44,47). The van der Waals surface area contributed by atoms with Crippen molar-refractivity contribution < 1.29 is 36.7 Å². The molecule has 0 spiro atoms. The molecule has 0 atom stereocenters. The molecule has 1 aliphatic rings. The second-order valence-corrected chi connectivity index (χ2v) is 12.5. The van der Waals surface area contributed by atoms with Crippen LogP contribution < -0.4 is 15.8 Å². The predicted molar refractivity (Wildman–Crippen MR) is 184 cm³/mol. The van der Waals surface area contributed by atoms with Gasteiger partial charge in [0.15, 0.2) is 0 Å². The molecular formula is C39H40F3N3O5. The van der Waals surface area contributed by atoms with Gasteiger partial charge in [0.05, 0.1) is 6.26 Å². The number of amides is 2. The van der Waals surface area contributed by atoms with E-state index in [0.717, 1.165) is 54.5 Å². The summed E-state index contributed by atoms with van der Waals surface area (Å²) in [5, 5.41) is 3.10. The molecule has 0 unspecified atom stereocenters. The van der Waals surface area contributed by atoms with Crippen molar-refractivity contribution in [2.45, 2.75) is 44.8 Å². The van der Waals surface area contributed by atoms with Gasteiger partial charge in [-0.25, -0.2) is 4.79 Å². The van der Waals surface area contributed by atoms with Crippen LogP contribution in [0.2, 0.25) is 0 Å². The maximum atomic E-state index is 13.4. The van der Waals surface area contributed by atoms with Gasteiger partial charge in [-0.1, -0.05) is 42.5 Å². The van der Waals surface area contributed by atoms with Crippen molar-refractivity contribution in [2.75, 3.05) is 19.6 Å². The van der Waals surface area contributed by atoms with Crippen molar-refractivity contribution in [2.24, 2.45) is 17.6 Å². The summed E-state index contributed by atoms with van der Waals surface area (Å²) >= 11 is 0. The van der Waals surface area contributed by atoms with Gasteiger partial charge in [-0.3, -0.25) is 9.59 Å². The molecule has 1 heterocycles. The van der Waals surface area contributed by atoms with E-state index in [1.54, 1.807) is 41.3 Å². The summed E-state index contributed by atoms with van der Waals surface area (Å²) in [5.74, 6) is -1.33. The number of nitrogens with two attached hydrogens (primary N) is 1. The fraction of sp³-hybridized carbons (Fsp3) is 0.308. The topological polar surface area (TPSA) is 115 Å². The van der Waals surface area contributed by atoms with Crippen molar-refractivity contribution in [3.05, 3.63) is 120 Å². The number of benzene rings is 3. The summed E-state index contributed by atoms with van der Waals surface area (Å²) in [6.45, 7) is 1.92. The first kappa shape index (κ1) is 36.1. The van der Waals surface area contributed by atoms with Crippen molar-refractivity contribution in [1.82, 2.24) is 10.2 Å². The number of carbonyl (C=O) groups is 3. The Morgan fingerprint density at radius 3 is 2.26 bits per heavy atom. The van der Waals surface area contributed by atoms with Crippen molar-refractivity contribution >= 4 is 23.9 Å². The lowest BCUT2D eigenvalue weighted by Gasteiger charge is -2.27. The van der Waals surface area contributed by atoms with Crippen LogP contribution in [-0.4, -0.2) is 48.5 Å². The van der Waals surface area contributed by atoms with E-state index in [1.165, 1.54) is 24.5 Å². The molecule has 0 bridgehead atoms. The number of hydrogen-bond donors (Lipinski definition) is 2. The van der Waals surface area contributed by atoms with Crippen LogP contribution in [0.25, 0.3) is 17.2 Å². The van der Waals surface area contributed by atoms with E-state index in [4.69, 9.17) is 10.2 Å². The van der Waals surface area contributed by atoms with Gasteiger partial charge in [-0.2, -0.15) is 13.2 Å². The lowest BCUT2D eigenvalue weighted by atomic mass is 9.82. The molecule has 262 valence electrons. The van der Waals surface area contributed by atoms with Crippen molar-refractivity contribution in [1.29, 1.82) is 0 Å². The van der Waals surface area contributed by atoms with Gasteiger partial charge in [0.1, 0.15) is 11.5 Å². The lowest BCUT2D eigenvalue weighted by Crippen LogP contribution is -2.32. The smallest absolute Gasteiger partial charge is 0.465 e. The molecule has 1 fully saturated rings. The highest BCUT2D eigenvalue weighted by Crippen LogP contribution is 2.28. The second-order valence-electron chi connectivity index (χ2n) is 12.5. The van der Waals surface area contributed by atoms with Gasteiger partial charge in [0, 0.05) is 31.3 Å². The Balaban J connectivity index is 1.25. The Kier molecular flexibility index (Phi) is 12.3. The normalized spacial score (nSPS) is 16.2. The first-order valence-corrected chi connectivity index (χ1v) is 16.6. The SMILES string of the molecule is NCC1CCC(CNC(=O)c2cccc(-c3cccc(CN(CCc4ccc(OC(=O)C(F)(F)F)cc4)C(=O)C=Cc4ccco4)c3)c2)CC1. The molecule has 1 aromatic heterocycles. The number of ether oxygens (including phenoxy) is 1. The van der Waals surface area contributed by atoms with Crippen LogP contribution in [0, 0.1) is 11.8 Å². The fourth-order valence-electron chi connectivity index (χ4n) is 5.99. The van der Waals surface area contributed by atoms with Crippen LogP contribution in [0.1, 0.15) is 52.9 Å². The molecule has 4 aromatic rings. The third kappa shape index (κ3) is 10.4. The summed E-state index contributed by atoms with van der Waals surface area (Å²) in [5.41, 5.74) is 9.73. The Labute approximate surface area is 289 Å². The maximum Gasteiger partial charge on any atom is 0.491 e. The third-order valence-corrected chi connectivity index (χ3v) is 8.89. The molecule has 50 heavy (non-hydrogen) atoms. The van der Waals surface area contributed by atoms with Crippen LogP contribution >= 0.6 is 0 Å². The number of nitrogens with one attached hydrogen (secondary N) is 1. The van der Waals surface area contributed by atoms with Gasteiger partial charge in [0.25, 0.3) is 5.91 Å². The summed E-state index contributed by atoms with van der Waals surface area (Å²) in [4.78, 5) is 39.3. The highest BCUT2D eigenvalue weighted by Gasteiger charge is 2.41. The second kappa shape index (κ2) is 17.0. The van der Waals surface area contributed by atoms with E-state index in [-0.39, 0.29) is 30.7 Å². The molecule has 1 saturated carbocycles. The first-order chi connectivity index (χ1) is 24.1. The Morgan fingerprint density at radius 2 is 1.58 bits per heavy atom. The van der Waals surface area contributed by atoms with Crippen molar-refractivity contribution in [3.8, 4) is 16.9 Å². The average Bonchev–Trinajstić information content (AvgIpc) is 3.66. The van der Waals surface area contributed by atoms with Gasteiger partial charge in [-0.15, -0.1) is 0 Å². The minimum Gasteiger partial charge on any atom is -0.465 e. The van der Waals surface area contributed by atoms with Crippen molar-refractivity contribution in [3.63, 3.8) is 0 Å². The van der Waals surface area contributed by atoms with E-state index in [1.807, 2.05) is 42.5 Å². The molecule has 3 aromatic carbocycles. The molecule has 0 aliphatic heterocycles. The molecular weight excluding hydrogens is 647 g/mol. The molecule has 1 aliphatic carbocycles. The molecule has 8 nitrogen and oxygen atoms in total. The zero-order valence-electron chi connectivity index (χ0n) is 27.5. The zero-order valence-corrected chi connectivity index (χ0v) is 27.5. The largest absolute Gasteiger partial charge is 0.491 e. The Hall–Kier alpha value is -5.16. The minimum atomic E-state index is -5.10. The third-order valence-electron chi connectivity index (χ3n) is 8.89. The van der Waals surface area contributed by atoms with Gasteiger partial charge in [0.2, 0.25) is 5.91 Å². The number of hydrogen-bond acceptors (Lipinski definition) is 6. The molecule has 2 amide bonds. The molecule has 0 saturated heterocycles. The Morgan fingerprint density at radius 1 is 0.880 bits per heavy atom. The van der Waals surface area contributed by atoms with E-state index in [9.17, 15) is 27.6 Å². The van der Waals surface area contributed by atoms with Crippen LogP contribution in [0.3, 0.4) is 0 Å². The van der Waals surface area contributed by atoms with Gasteiger partial charge in [-0.05, 0) is 121 Å². The first-order valence-electron chi connectivity index (χ1n) is 16.6. The van der Waals surface area contributed by atoms with E-state index in [2.05, 4.69) is 10.1 Å². The Bertz CT molecular complexity index is 1760. The number of alkyl halides is 3. The van der Waals surface area contributed by atoms with Gasteiger partial charge >= 0.3 is 12.1 Å². The highest BCUT2D eigenvalue weighted by molar-refractivity contribution is 5.95. The minimum absolute atomic E-state index is 0.115. The number of nitrogens with zero attached hydrogens (tertiary/aromatic N) is 1. The van der Waals surface area contributed by atoms with Crippen LogP contribution in [0.5, 0.6) is 5.75 Å². The number of halogens is 3. The monoisotopic (exact) mass is 687 g/mol. The summed E-state index contributed by atoms with van der Waals surface area (Å²) in [6.07, 6.45) is 4.16. The number of furan rings is 1. The molecule has 0 radical (unpaired) electrons. The van der Waals surface area contributed by atoms with E-state index < -0.39 is 12.1 Å². The molecule has 3 N–H and O–H groups in total. The number of carbonyl (C=O) groups excluding carboxylic acids is 3. The quantitative estimate of drug-likeness (QED) is 0.0874. The molecule has 5 rings (SSSR count). The fourth-order valence-corrected chi connectivity index (χ4v) is 5.99. The zero-order chi connectivity index (χ0) is 35.5. The highest BCUT2D eigenvalue weighted by atomic mass is 19.4. The van der Waals surface area contributed by atoms with E-state index >= 15 is 0 Å². The van der Waals surface area contributed by atoms with Gasteiger partial charge < -0.3 is 25.1 Å². The number of esters is 1. The van der Waals surface area contributed by atoms with E-state index in [0.29, 0.717) is 36.1 Å². The maximum absolute atomic E-state index is 13.4. The van der Waals surface area contributed by atoms with Crippen LogP contribution in [-0.2, 0) is 22.6 Å². The lowest BCUT2D eigenvalue weighted by molar-refractivity contribution is -0.189. The summed E-state index contributed by atoms with van der Waals surface area (Å²) in [6, 6.07) is 24.3. The van der Waals surface area contributed by atoms with Crippen LogP contribution in [0.15, 0.2) is 102 Å². The predicted octanol–water partition coefficient (Wildman–Crippen LogP) is 7.19.